The van der Waals surface area contributed by atoms with Crippen LogP contribution < -0.4 is 10.3 Å². The van der Waals surface area contributed by atoms with E-state index in [0.717, 1.165) is 66.8 Å². The minimum absolute atomic E-state index is 0.0339. The van der Waals surface area contributed by atoms with Crippen LogP contribution in [0.4, 0.5) is 0 Å². The molecule has 0 spiro atoms. The van der Waals surface area contributed by atoms with Crippen LogP contribution in [0.15, 0.2) is 71.7 Å². The van der Waals surface area contributed by atoms with E-state index < -0.39 is 0 Å². The highest BCUT2D eigenvalue weighted by atomic mass is 16.5. The molecular formula is C32H37N3O2. The Morgan fingerprint density at radius 3 is 2.08 bits per heavy atom. The van der Waals surface area contributed by atoms with Crippen molar-refractivity contribution >= 4 is 0 Å². The fourth-order valence-corrected chi connectivity index (χ4v) is 4.88. The van der Waals surface area contributed by atoms with Crippen molar-refractivity contribution in [2.45, 2.75) is 72.6 Å². The number of aryl methyl sites for hydroxylation is 4. The number of ether oxygens (including phenoxy) is 1. The average molecular weight is 496 g/mol. The summed E-state index contributed by atoms with van der Waals surface area (Å²) >= 11 is 0. The van der Waals surface area contributed by atoms with Gasteiger partial charge in [0, 0.05) is 18.2 Å². The summed E-state index contributed by atoms with van der Waals surface area (Å²) in [6, 6.07) is 20.0. The first kappa shape index (κ1) is 26.3. The van der Waals surface area contributed by atoms with E-state index in [0.29, 0.717) is 18.1 Å². The molecule has 0 unspecified atom stereocenters. The Kier molecular flexibility index (Phi) is 8.89. The molecule has 2 aromatic heterocycles. The van der Waals surface area contributed by atoms with Crippen molar-refractivity contribution in [1.82, 2.24) is 14.5 Å². The average Bonchev–Trinajstić information content (AvgIpc) is 2.90. The molecule has 4 rings (SSSR count). The Morgan fingerprint density at radius 1 is 0.838 bits per heavy atom. The second kappa shape index (κ2) is 12.5. The Labute approximate surface area is 220 Å². The van der Waals surface area contributed by atoms with Gasteiger partial charge in [-0.25, -0.2) is 14.5 Å². The van der Waals surface area contributed by atoms with E-state index >= 15 is 0 Å². The quantitative estimate of drug-likeness (QED) is 0.221. The first-order valence-electron chi connectivity index (χ1n) is 13.5. The smallest absolute Gasteiger partial charge is 0.263 e. The molecule has 0 aliphatic carbocycles. The van der Waals surface area contributed by atoms with Gasteiger partial charge in [-0.2, -0.15) is 0 Å². The van der Waals surface area contributed by atoms with Gasteiger partial charge >= 0.3 is 0 Å². The fraction of sp³-hybridized carbons (Fsp3) is 0.344. The number of aromatic nitrogens is 3. The van der Waals surface area contributed by atoms with Gasteiger partial charge in [-0.3, -0.25) is 4.79 Å². The number of hydrogen-bond donors (Lipinski definition) is 0. The molecule has 0 saturated heterocycles. The molecule has 0 fully saturated rings. The number of benzene rings is 2. The Balaban J connectivity index is 1.82. The lowest BCUT2D eigenvalue weighted by molar-refractivity contribution is 0.468. The van der Waals surface area contributed by atoms with Crippen molar-refractivity contribution in [1.29, 1.82) is 0 Å². The van der Waals surface area contributed by atoms with Gasteiger partial charge in [0.15, 0.2) is 0 Å². The second-order valence-electron chi connectivity index (χ2n) is 9.50. The molecule has 2 aromatic carbocycles. The van der Waals surface area contributed by atoms with Crippen molar-refractivity contribution < 1.29 is 4.74 Å². The second-order valence-corrected chi connectivity index (χ2v) is 9.50. The van der Waals surface area contributed by atoms with E-state index in [9.17, 15) is 4.79 Å². The topological polar surface area (TPSA) is 57.0 Å². The normalized spacial score (nSPS) is 11.0. The monoisotopic (exact) mass is 495 g/mol. The molecule has 0 aliphatic heterocycles. The summed E-state index contributed by atoms with van der Waals surface area (Å²) in [5.74, 6) is 3.07. The molecule has 0 bridgehead atoms. The maximum Gasteiger partial charge on any atom is 0.263 e. The highest BCUT2D eigenvalue weighted by Gasteiger charge is 2.19. The molecule has 2 heterocycles. The predicted molar refractivity (Wildman–Crippen MR) is 150 cm³/mol. The van der Waals surface area contributed by atoms with Gasteiger partial charge in [0.05, 0.1) is 5.69 Å². The molecule has 0 amide bonds. The summed E-state index contributed by atoms with van der Waals surface area (Å²) in [5.41, 5.74) is 5.10. The molecule has 5 heteroatoms. The zero-order chi connectivity index (χ0) is 26.2. The first-order valence-corrected chi connectivity index (χ1v) is 13.5. The van der Waals surface area contributed by atoms with E-state index in [1.54, 1.807) is 10.8 Å². The third-order valence-corrected chi connectivity index (χ3v) is 6.48. The maximum absolute atomic E-state index is 13.9. The van der Waals surface area contributed by atoms with Gasteiger partial charge in [0.1, 0.15) is 23.1 Å². The summed E-state index contributed by atoms with van der Waals surface area (Å²) in [7, 11) is 0. The number of nitrogens with zero attached hydrogens (tertiary/aromatic N) is 3. The molecule has 37 heavy (non-hydrogen) atoms. The lowest BCUT2D eigenvalue weighted by Crippen LogP contribution is -2.29. The third kappa shape index (κ3) is 6.16. The molecule has 192 valence electrons. The third-order valence-electron chi connectivity index (χ3n) is 6.48. The van der Waals surface area contributed by atoms with Crippen LogP contribution >= 0.6 is 0 Å². The Bertz CT molecular complexity index is 1350. The summed E-state index contributed by atoms with van der Waals surface area (Å²) < 4.78 is 8.08. The van der Waals surface area contributed by atoms with E-state index in [2.05, 4.69) is 37.9 Å². The highest BCUT2D eigenvalue weighted by molar-refractivity contribution is 5.49. The molecule has 0 radical (unpaired) electrons. The van der Waals surface area contributed by atoms with E-state index in [-0.39, 0.29) is 5.56 Å². The summed E-state index contributed by atoms with van der Waals surface area (Å²) in [6.07, 6.45) is 7.80. The maximum atomic E-state index is 13.9. The number of hydrogen-bond acceptors (Lipinski definition) is 4. The molecule has 0 saturated carbocycles. The first-order chi connectivity index (χ1) is 18.0. The minimum Gasteiger partial charge on any atom is -0.457 e. The Hall–Kier alpha value is -3.73. The number of pyridine rings is 1. The van der Waals surface area contributed by atoms with Crippen molar-refractivity contribution in [3.8, 4) is 17.3 Å². The van der Waals surface area contributed by atoms with Gasteiger partial charge in [-0.1, -0.05) is 76.4 Å². The molecule has 0 N–H and O–H groups in total. The van der Waals surface area contributed by atoms with E-state index in [4.69, 9.17) is 9.72 Å². The number of para-hydroxylation sites is 1. The fourth-order valence-electron chi connectivity index (χ4n) is 4.88. The molecule has 0 aliphatic rings. The highest BCUT2D eigenvalue weighted by Crippen LogP contribution is 2.33. The molecule has 5 nitrogen and oxygen atoms in total. The molecular weight excluding hydrogens is 458 g/mol. The largest absolute Gasteiger partial charge is 0.457 e. The van der Waals surface area contributed by atoms with Crippen molar-refractivity contribution in [2.75, 3.05) is 0 Å². The van der Waals surface area contributed by atoms with Gasteiger partial charge in [-0.05, 0) is 67.1 Å². The van der Waals surface area contributed by atoms with Crippen LogP contribution in [0.1, 0.15) is 73.8 Å². The van der Waals surface area contributed by atoms with E-state index in [1.807, 2.05) is 55.5 Å². The van der Waals surface area contributed by atoms with Crippen molar-refractivity contribution in [3.63, 3.8) is 0 Å². The van der Waals surface area contributed by atoms with Gasteiger partial charge in [0.2, 0.25) is 0 Å². The van der Waals surface area contributed by atoms with Crippen LogP contribution in [-0.2, 0) is 25.7 Å². The summed E-state index contributed by atoms with van der Waals surface area (Å²) in [5, 5.41) is 0. The van der Waals surface area contributed by atoms with Crippen LogP contribution in [0.2, 0.25) is 0 Å². The molecule has 4 aromatic rings. The van der Waals surface area contributed by atoms with Crippen molar-refractivity contribution in [2.24, 2.45) is 0 Å². The number of rotatable bonds is 11. The van der Waals surface area contributed by atoms with Gasteiger partial charge in [-0.15, -0.1) is 0 Å². The SMILES string of the molecule is CCCc1cc(Cc2c(CCC)nc(C)n(-c3ccccn3)c2=O)cc(CCC)c1Oc1ccccc1. The zero-order valence-electron chi connectivity index (χ0n) is 22.5. The zero-order valence-corrected chi connectivity index (χ0v) is 22.5. The predicted octanol–water partition coefficient (Wildman–Crippen LogP) is 7.18. The van der Waals surface area contributed by atoms with Crippen LogP contribution in [-0.4, -0.2) is 14.5 Å². The summed E-state index contributed by atoms with van der Waals surface area (Å²) in [6.45, 7) is 8.38. The Morgan fingerprint density at radius 2 is 1.49 bits per heavy atom. The molecule has 0 atom stereocenters. The van der Waals surface area contributed by atoms with Crippen LogP contribution in [0, 0.1) is 6.92 Å². The van der Waals surface area contributed by atoms with Gasteiger partial charge in [0.25, 0.3) is 5.56 Å². The lowest BCUT2D eigenvalue weighted by Gasteiger charge is -2.19. The minimum atomic E-state index is -0.0339. The van der Waals surface area contributed by atoms with Gasteiger partial charge < -0.3 is 4.74 Å². The van der Waals surface area contributed by atoms with Crippen LogP contribution in [0.25, 0.3) is 5.82 Å². The van der Waals surface area contributed by atoms with Crippen LogP contribution in [0.5, 0.6) is 11.5 Å². The van der Waals surface area contributed by atoms with Crippen LogP contribution in [0.3, 0.4) is 0 Å². The standard InChI is InChI=1S/C32H37N3O2/c1-5-13-25-20-24(21-26(14-6-2)31(25)37-27-16-9-8-10-17-27)22-28-29(15-7-3)34-23(4)35(32(28)36)30-18-11-12-19-33-30/h8-12,16-21H,5-7,13-15,22H2,1-4H3. The lowest BCUT2D eigenvalue weighted by atomic mass is 9.94. The van der Waals surface area contributed by atoms with Crippen molar-refractivity contribution in [3.05, 3.63) is 111 Å². The van der Waals surface area contributed by atoms with E-state index in [1.165, 1.54) is 11.1 Å². The summed E-state index contributed by atoms with van der Waals surface area (Å²) in [4.78, 5) is 23.2.